The van der Waals surface area contributed by atoms with Crippen molar-refractivity contribution in [1.29, 1.82) is 0 Å². The summed E-state index contributed by atoms with van der Waals surface area (Å²) in [5.41, 5.74) is 0. The van der Waals surface area contributed by atoms with Crippen molar-refractivity contribution in [2.75, 3.05) is 18.5 Å². The van der Waals surface area contributed by atoms with Crippen LogP contribution in [0, 0.1) is 0 Å². The Morgan fingerprint density at radius 2 is 2.11 bits per heavy atom. The van der Waals surface area contributed by atoms with Crippen molar-refractivity contribution in [3.63, 3.8) is 0 Å². The van der Waals surface area contributed by atoms with Crippen molar-refractivity contribution in [2.24, 2.45) is 0 Å². The van der Waals surface area contributed by atoms with Crippen LogP contribution in [0.15, 0.2) is 6.07 Å². The number of hydrogen-bond donors (Lipinski definition) is 1. The number of aromatic nitrogens is 2. The molecule has 0 amide bonds. The summed E-state index contributed by atoms with van der Waals surface area (Å²) in [6.07, 6.45) is -4.76. The second kappa shape index (κ2) is 6.19. The van der Waals surface area contributed by atoms with Gasteiger partial charge >= 0.3 is 6.18 Å². The number of alkyl halides is 3. The average molecular weight is 284 g/mol. The van der Waals surface area contributed by atoms with Crippen LogP contribution in [0.2, 0.25) is 5.15 Å². The highest BCUT2D eigenvalue weighted by Crippen LogP contribution is 2.28. The molecule has 0 aliphatic heterocycles. The summed E-state index contributed by atoms with van der Waals surface area (Å²) in [7, 11) is 0. The lowest BCUT2D eigenvalue weighted by Gasteiger charge is -2.14. The molecule has 0 aromatic carbocycles. The van der Waals surface area contributed by atoms with Crippen molar-refractivity contribution in [3.8, 4) is 0 Å². The highest BCUT2D eigenvalue weighted by atomic mass is 35.5. The second-order valence-electron chi connectivity index (χ2n) is 3.54. The van der Waals surface area contributed by atoms with Crippen LogP contribution >= 0.6 is 11.6 Å². The third-order valence-corrected chi connectivity index (χ3v) is 2.16. The predicted octanol–water partition coefficient (Wildman–Crippen LogP) is 2.99. The first-order valence-corrected chi connectivity index (χ1v) is 5.68. The molecule has 102 valence electrons. The molecule has 0 spiro atoms. The van der Waals surface area contributed by atoms with E-state index >= 15 is 0 Å². The van der Waals surface area contributed by atoms with Gasteiger partial charge in [0.1, 0.15) is 11.0 Å². The molecule has 0 saturated carbocycles. The third-order valence-electron chi connectivity index (χ3n) is 1.97. The van der Waals surface area contributed by atoms with Gasteiger partial charge in [-0.3, -0.25) is 0 Å². The van der Waals surface area contributed by atoms with E-state index < -0.39 is 12.0 Å². The molecule has 1 aromatic heterocycles. The van der Waals surface area contributed by atoms with Crippen LogP contribution in [-0.2, 0) is 10.9 Å². The second-order valence-corrected chi connectivity index (χ2v) is 3.93. The van der Waals surface area contributed by atoms with E-state index in [-0.39, 0.29) is 17.1 Å². The third kappa shape index (κ3) is 4.66. The fraction of sp³-hybridized carbons (Fsp3) is 0.600. The van der Waals surface area contributed by atoms with Crippen molar-refractivity contribution in [1.82, 2.24) is 9.97 Å². The van der Waals surface area contributed by atoms with Crippen molar-refractivity contribution in [2.45, 2.75) is 26.1 Å². The number of anilines is 1. The number of nitrogens with one attached hydrogen (secondary N) is 1. The minimum atomic E-state index is -4.62. The molecular weight excluding hydrogens is 271 g/mol. The van der Waals surface area contributed by atoms with Gasteiger partial charge in [-0.2, -0.15) is 13.2 Å². The molecule has 0 fully saturated rings. The largest absolute Gasteiger partial charge is 0.451 e. The van der Waals surface area contributed by atoms with Crippen LogP contribution in [0.25, 0.3) is 0 Å². The summed E-state index contributed by atoms with van der Waals surface area (Å²) in [4.78, 5) is 6.48. The summed E-state index contributed by atoms with van der Waals surface area (Å²) < 4.78 is 42.5. The summed E-state index contributed by atoms with van der Waals surface area (Å²) in [5.74, 6) is -1.24. The Hall–Kier alpha value is -1.08. The number of rotatable bonds is 5. The topological polar surface area (TPSA) is 47.0 Å². The molecular formula is C10H13ClF3N3O. The van der Waals surface area contributed by atoms with Gasteiger partial charge in [0.2, 0.25) is 5.82 Å². The minimum Gasteiger partial charge on any atom is -0.377 e. The van der Waals surface area contributed by atoms with Gasteiger partial charge in [0.25, 0.3) is 0 Å². The fourth-order valence-corrected chi connectivity index (χ4v) is 1.41. The van der Waals surface area contributed by atoms with E-state index in [1.54, 1.807) is 6.92 Å². The van der Waals surface area contributed by atoms with E-state index in [0.717, 1.165) is 0 Å². The Bertz CT molecular complexity index is 400. The summed E-state index contributed by atoms with van der Waals surface area (Å²) >= 11 is 5.51. The Kier molecular flexibility index (Phi) is 5.15. The lowest BCUT2D eigenvalue weighted by atomic mass is 10.4. The maximum Gasteiger partial charge on any atom is 0.451 e. The molecule has 0 aliphatic carbocycles. The smallest absolute Gasteiger partial charge is 0.377 e. The lowest BCUT2D eigenvalue weighted by Crippen LogP contribution is -2.21. The SMILES string of the molecule is CCOC(C)CNc1cc(Cl)nc(C(F)(F)F)n1. The van der Waals surface area contributed by atoms with E-state index in [1.165, 1.54) is 6.07 Å². The van der Waals surface area contributed by atoms with Gasteiger partial charge in [0, 0.05) is 19.2 Å². The van der Waals surface area contributed by atoms with Crippen LogP contribution in [-0.4, -0.2) is 29.2 Å². The number of nitrogens with zero attached hydrogens (tertiary/aromatic N) is 2. The molecule has 4 nitrogen and oxygen atoms in total. The average Bonchev–Trinajstić information content (AvgIpc) is 2.25. The molecule has 1 N–H and O–H groups in total. The number of ether oxygens (including phenoxy) is 1. The van der Waals surface area contributed by atoms with Crippen molar-refractivity contribution < 1.29 is 17.9 Å². The Morgan fingerprint density at radius 3 is 2.67 bits per heavy atom. The molecule has 18 heavy (non-hydrogen) atoms. The maximum absolute atomic E-state index is 12.4. The van der Waals surface area contributed by atoms with E-state index in [4.69, 9.17) is 16.3 Å². The zero-order chi connectivity index (χ0) is 13.8. The molecule has 1 aromatic rings. The Balaban J connectivity index is 2.75. The normalized spacial score (nSPS) is 13.4. The Labute approximate surface area is 108 Å². The molecule has 8 heteroatoms. The van der Waals surface area contributed by atoms with Gasteiger partial charge in [-0.15, -0.1) is 0 Å². The fourth-order valence-electron chi connectivity index (χ4n) is 1.23. The zero-order valence-electron chi connectivity index (χ0n) is 9.88. The van der Waals surface area contributed by atoms with Gasteiger partial charge in [0.15, 0.2) is 0 Å². The van der Waals surface area contributed by atoms with E-state index in [0.29, 0.717) is 13.2 Å². The van der Waals surface area contributed by atoms with Crippen LogP contribution in [0.1, 0.15) is 19.7 Å². The standard InChI is InChI=1S/C10H13ClF3N3O/c1-3-18-6(2)5-15-8-4-7(11)16-9(17-8)10(12,13)14/h4,6H,3,5H2,1-2H3,(H,15,16,17). The van der Waals surface area contributed by atoms with Gasteiger partial charge in [-0.1, -0.05) is 11.6 Å². The quantitative estimate of drug-likeness (QED) is 0.844. The van der Waals surface area contributed by atoms with Crippen molar-refractivity contribution >= 4 is 17.4 Å². The molecule has 1 atom stereocenters. The summed E-state index contributed by atoms with van der Waals surface area (Å²) in [5, 5.41) is 2.46. The number of hydrogen-bond acceptors (Lipinski definition) is 4. The first kappa shape index (κ1) is 15.0. The van der Waals surface area contributed by atoms with Crippen LogP contribution < -0.4 is 5.32 Å². The van der Waals surface area contributed by atoms with Gasteiger partial charge in [-0.25, -0.2) is 9.97 Å². The van der Waals surface area contributed by atoms with Crippen LogP contribution in [0.5, 0.6) is 0 Å². The van der Waals surface area contributed by atoms with Crippen LogP contribution in [0.4, 0.5) is 19.0 Å². The molecule has 0 radical (unpaired) electrons. The molecule has 1 rings (SSSR count). The van der Waals surface area contributed by atoms with Gasteiger partial charge in [0.05, 0.1) is 6.10 Å². The van der Waals surface area contributed by atoms with Crippen molar-refractivity contribution in [3.05, 3.63) is 17.0 Å². The first-order chi connectivity index (χ1) is 8.32. The summed E-state index contributed by atoms with van der Waals surface area (Å²) in [6.45, 7) is 4.49. The van der Waals surface area contributed by atoms with E-state index in [1.807, 2.05) is 6.92 Å². The van der Waals surface area contributed by atoms with Gasteiger partial charge in [-0.05, 0) is 13.8 Å². The van der Waals surface area contributed by atoms with Crippen LogP contribution in [0.3, 0.4) is 0 Å². The highest BCUT2D eigenvalue weighted by Gasteiger charge is 2.35. The van der Waals surface area contributed by atoms with E-state index in [2.05, 4.69) is 15.3 Å². The summed E-state index contributed by atoms with van der Waals surface area (Å²) in [6, 6.07) is 1.23. The first-order valence-electron chi connectivity index (χ1n) is 5.30. The molecule has 0 aliphatic rings. The molecule has 0 bridgehead atoms. The van der Waals surface area contributed by atoms with E-state index in [9.17, 15) is 13.2 Å². The highest BCUT2D eigenvalue weighted by molar-refractivity contribution is 6.29. The monoisotopic (exact) mass is 283 g/mol. The molecule has 1 heterocycles. The molecule has 0 saturated heterocycles. The molecule has 1 unspecified atom stereocenters. The predicted molar refractivity (Wildman–Crippen MR) is 61.6 cm³/mol. The lowest BCUT2D eigenvalue weighted by molar-refractivity contribution is -0.144. The Morgan fingerprint density at radius 1 is 1.44 bits per heavy atom. The zero-order valence-corrected chi connectivity index (χ0v) is 10.6. The number of halogens is 4. The van der Waals surface area contributed by atoms with Gasteiger partial charge < -0.3 is 10.1 Å². The maximum atomic E-state index is 12.4. The minimum absolute atomic E-state index is 0.0221.